The molecule has 0 atom stereocenters. The fourth-order valence-corrected chi connectivity index (χ4v) is 1.91. The second-order valence-corrected chi connectivity index (χ2v) is 4.79. The highest BCUT2D eigenvalue weighted by atomic mass is 16.4. The molecule has 0 saturated heterocycles. The smallest absolute Gasteiger partial charge is 0.325 e. The Kier molecular flexibility index (Phi) is 7.63. The first-order valence-corrected chi connectivity index (χ1v) is 7.11. The van der Waals surface area contributed by atoms with Gasteiger partial charge in [-0.05, 0) is 25.1 Å². The van der Waals surface area contributed by atoms with E-state index in [9.17, 15) is 14.4 Å². The largest absolute Gasteiger partial charge is 0.480 e. The van der Waals surface area contributed by atoms with Crippen molar-refractivity contribution in [1.29, 1.82) is 0 Å². The van der Waals surface area contributed by atoms with Crippen molar-refractivity contribution in [2.75, 3.05) is 25.0 Å². The molecule has 1 rings (SSSR count). The van der Waals surface area contributed by atoms with Crippen molar-refractivity contribution in [2.45, 2.75) is 19.8 Å². The molecule has 120 valence electrons. The van der Waals surface area contributed by atoms with E-state index < -0.39 is 17.9 Å². The zero-order valence-electron chi connectivity index (χ0n) is 12.5. The number of imide groups is 1. The van der Waals surface area contributed by atoms with Crippen molar-refractivity contribution >= 4 is 23.6 Å². The average Bonchev–Trinajstić information content (AvgIpc) is 2.45. The second-order valence-electron chi connectivity index (χ2n) is 4.79. The van der Waals surface area contributed by atoms with Gasteiger partial charge in [0.05, 0.1) is 6.54 Å². The molecule has 0 aromatic heterocycles. The predicted octanol–water partition coefficient (Wildman–Crippen LogP) is 1.52. The van der Waals surface area contributed by atoms with Crippen LogP contribution in [-0.4, -0.2) is 47.5 Å². The van der Waals surface area contributed by atoms with Gasteiger partial charge in [-0.3, -0.25) is 19.8 Å². The third-order valence-corrected chi connectivity index (χ3v) is 2.84. The lowest BCUT2D eigenvalue weighted by Crippen LogP contribution is -2.38. The van der Waals surface area contributed by atoms with Crippen LogP contribution < -0.4 is 10.6 Å². The number of nitrogens with one attached hydrogen (secondary N) is 2. The number of aliphatic carboxylic acids is 1. The molecule has 0 radical (unpaired) electrons. The summed E-state index contributed by atoms with van der Waals surface area (Å²) in [6.45, 7) is 2.71. The lowest BCUT2D eigenvalue weighted by Gasteiger charge is -2.18. The van der Waals surface area contributed by atoms with E-state index in [1.807, 2.05) is 13.0 Å². The van der Waals surface area contributed by atoms with Crippen molar-refractivity contribution < 1.29 is 19.5 Å². The highest BCUT2D eigenvalue weighted by molar-refractivity contribution is 6.01. The first-order valence-electron chi connectivity index (χ1n) is 7.11. The van der Waals surface area contributed by atoms with Gasteiger partial charge in [-0.1, -0.05) is 25.1 Å². The maximum Gasteiger partial charge on any atom is 0.325 e. The molecule has 0 saturated carbocycles. The minimum absolute atomic E-state index is 0.0650. The van der Waals surface area contributed by atoms with E-state index in [0.29, 0.717) is 18.8 Å². The number of carboxylic acids is 1. The van der Waals surface area contributed by atoms with E-state index in [-0.39, 0.29) is 13.0 Å². The van der Waals surface area contributed by atoms with Crippen molar-refractivity contribution in [2.24, 2.45) is 0 Å². The number of anilines is 1. The molecule has 0 aliphatic rings. The molecule has 7 nitrogen and oxygen atoms in total. The Morgan fingerprint density at radius 3 is 2.41 bits per heavy atom. The van der Waals surface area contributed by atoms with E-state index in [1.54, 1.807) is 29.2 Å². The van der Waals surface area contributed by atoms with E-state index in [0.717, 1.165) is 6.42 Å². The van der Waals surface area contributed by atoms with Gasteiger partial charge < -0.3 is 10.4 Å². The van der Waals surface area contributed by atoms with Gasteiger partial charge in [-0.15, -0.1) is 0 Å². The molecule has 22 heavy (non-hydrogen) atoms. The van der Waals surface area contributed by atoms with Crippen LogP contribution in [0, 0.1) is 0 Å². The lowest BCUT2D eigenvalue weighted by molar-refractivity contribution is -0.138. The Morgan fingerprint density at radius 1 is 1.14 bits per heavy atom. The van der Waals surface area contributed by atoms with Crippen LogP contribution in [0.5, 0.6) is 0 Å². The number of nitrogens with zero attached hydrogens (tertiary/aromatic N) is 1. The molecule has 7 heteroatoms. The molecule has 0 bridgehead atoms. The highest BCUT2D eigenvalue weighted by Crippen LogP contribution is 2.04. The maximum absolute atomic E-state index is 11.7. The van der Waals surface area contributed by atoms with Crippen LogP contribution in [0.3, 0.4) is 0 Å². The summed E-state index contributed by atoms with van der Waals surface area (Å²) in [6, 6.07) is 8.17. The molecule has 0 fully saturated rings. The third kappa shape index (κ3) is 7.39. The summed E-state index contributed by atoms with van der Waals surface area (Å²) in [4.78, 5) is 35.7. The number of urea groups is 1. The van der Waals surface area contributed by atoms with Gasteiger partial charge in [0.2, 0.25) is 5.91 Å². The number of benzene rings is 1. The van der Waals surface area contributed by atoms with Gasteiger partial charge in [-0.25, -0.2) is 4.79 Å². The Bertz CT molecular complexity index is 505. The standard InChI is InChI=1S/C15H21N3O4/c1-2-9-18(11-14(20)21)10-8-13(19)17-15(22)16-12-6-4-3-5-7-12/h3-7H,2,8-11H2,1H3,(H,20,21)(H2,16,17,19,22). The topological polar surface area (TPSA) is 98.7 Å². The fourth-order valence-electron chi connectivity index (χ4n) is 1.91. The fraction of sp³-hybridized carbons (Fsp3) is 0.400. The maximum atomic E-state index is 11.7. The number of carbonyl (C=O) groups excluding carboxylic acids is 2. The summed E-state index contributed by atoms with van der Waals surface area (Å²) in [5, 5.41) is 13.5. The molecule has 0 aliphatic heterocycles. The van der Waals surface area contributed by atoms with Crippen LogP contribution >= 0.6 is 0 Å². The van der Waals surface area contributed by atoms with E-state index >= 15 is 0 Å². The molecule has 3 N–H and O–H groups in total. The molecule has 1 aromatic rings. The van der Waals surface area contributed by atoms with Gasteiger partial charge in [0.1, 0.15) is 0 Å². The zero-order chi connectivity index (χ0) is 16.4. The van der Waals surface area contributed by atoms with Crippen LogP contribution in [0.15, 0.2) is 30.3 Å². The number of carboxylic acid groups (broad SMARTS) is 1. The minimum Gasteiger partial charge on any atom is -0.480 e. The van der Waals surface area contributed by atoms with Crippen LogP contribution in [0.1, 0.15) is 19.8 Å². The Morgan fingerprint density at radius 2 is 1.82 bits per heavy atom. The summed E-state index contributed by atoms with van der Waals surface area (Å²) < 4.78 is 0. The lowest BCUT2D eigenvalue weighted by atomic mass is 10.3. The molecule has 0 aliphatic carbocycles. The summed E-state index contributed by atoms with van der Waals surface area (Å²) in [5.74, 6) is -1.38. The molecule has 3 amide bonds. The predicted molar refractivity (Wildman–Crippen MR) is 82.6 cm³/mol. The molecule has 0 unspecified atom stereocenters. The number of carbonyl (C=O) groups is 3. The van der Waals surface area contributed by atoms with Crippen LogP contribution in [0.2, 0.25) is 0 Å². The van der Waals surface area contributed by atoms with Crippen LogP contribution in [0.4, 0.5) is 10.5 Å². The van der Waals surface area contributed by atoms with Crippen molar-refractivity contribution in [3.63, 3.8) is 0 Å². The highest BCUT2D eigenvalue weighted by Gasteiger charge is 2.12. The SMILES string of the molecule is CCCN(CCC(=O)NC(=O)Nc1ccccc1)CC(=O)O. The molecule has 0 spiro atoms. The number of hydrogen-bond donors (Lipinski definition) is 3. The summed E-state index contributed by atoms with van der Waals surface area (Å²) in [6.07, 6.45) is 0.860. The molecular formula is C15H21N3O4. The molecular weight excluding hydrogens is 286 g/mol. The quantitative estimate of drug-likeness (QED) is 0.676. The molecule has 1 aromatic carbocycles. The molecule has 0 heterocycles. The van der Waals surface area contributed by atoms with Crippen molar-refractivity contribution in [1.82, 2.24) is 10.2 Å². The first kappa shape index (κ1) is 17.6. The Labute approximate surface area is 129 Å². The Balaban J connectivity index is 2.35. The van der Waals surface area contributed by atoms with E-state index in [1.165, 1.54) is 0 Å². The van der Waals surface area contributed by atoms with E-state index in [2.05, 4.69) is 10.6 Å². The van der Waals surface area contributed by atoms with Gasteiger partial charge in [0, 0.05) is 18.7 Å². The van der Waals surface area contributed by atoms with E-state index in [4.69, 9.17) is 5.11 Å². The summed E-state index contributed by atoms with van der Waals surface area (Å²) in [7, 11) is 0. The third-order valence-electron chi connectivity index (χ3n) is 2.84. The zero-order valence-corrected chi connectivity index (χ0v) is 12.5. The number of rotatable bonds is 8. The minimum atomic E-state index is -0.935. The monoisotopic (exact) mass is 307 g/mol. The normalized spacial score (nSPS) is 10.3. The second kappa shape index (κ2) is 9.51. The number of para-hydroxylation sites is 1. The Hall–Kier alpha value is -2.41. The first-order chi connectivity index (χ1) is 10.5. The summed E-state index contributed by atoms with van der Waals surface area (Å²) >= 11 is 0. The average molecular weight is 307 g/mol. The number of amides is 3. The van der Waals surface area contributed by atoms with Crippen LogP contribution in [-0.2, 0) is 9.59 Å². The summed E-state index contributed by atoms with van der Waals surface area (Å²) in [5.41, 5.74) is 0.589. The van der Waals surface area contributed by atoms with Crippen molar-refractivity contribution in [3.8, 4) is 0 Å². The number of hydrogen-bond acceptors (Lipinski definition) is 4. The van der Waals surface area contributed by atoms with Crippen LogP contribution in [0.25, 0.3) is 0 Å². The van der Waals surface area contributed by atoms with Gasteiger partial charge >= 0.3 is 12.0 Å². The van der Waals surface area contributed by atoms with Gasteiger partial charge in [-0.2, -0.15) is 0 Å². The van der Waals surface area contributed by atoms with Gasteiger partial charge in [0.25, 0.3) is 0 Å². The van der Waals surface area contributed by atoms with Crippen molar-refractivity contribution in [3.05, 3.63) is 30.3 Å². The van der Waals surface area contributed by atoms with Gasteiger partial charge in [0.15, 0.2) is 0 Å².